The number of carbonyl (C=O) groups is 1. The van der Waals surface area contributed by atoms with E-state index in [0.29, 0.717) is 18.1 Å². The molecule has 0 aliphatic carbocycles. The fraction of sp³-hybridized carbons (Fsp3) is 0.389. The molecule has 1 saturated heterocycles. The van der Waals surface area contributed by atoms with Gasteiger partial charge in [0, 0.05) is 17.4 Å². The van der Waals surface area contributed by atoms with E-state index in [1.54, 1.807) is 13.0 Å². The molecule has 1 fully saturated rings. The van der Waals surface area contributed by atoms with Crippen molar-refractivity contribution in [3.8, 4) is 0 Å². The standard InChI is InChI=1S/C18H22N4O3S/c1-11-4-5-14(8-12(11)2)21-18-19-13(3)9-16(22-18)17(23)20-15-6-7-26(24,25)10-15/h4-5,8-9,15H,6-7,10H2,1-3H3,(H,20,23)(H,19,21,22). The Morgan fingerprint density at radius 3 is 2.54 bits per heavy atom. The van der Waals surface area contributed by atoms with Gasteiger partial charge in [-0.1, -0.05) is 6.07 Å². The van der Waals surface area contributed by atoms with Crippen LogP contribution in [0, 0.1) is 20.8 Å². The van der Waals surface area contributed by atoms with Crippen LogP contribution < -0.4 is 10.6 Å². The molecule has 0 radical (unpaired) electrons. The monoisotopic (exact) mass is 374 g/mol. The van der Waals surface area contributed by atoms with Gasteiger partial charge in [0.1, 0.15) is 5.69 Å². The molecule has 1 aromatic carbocycles. The molecule has 2 N–H and O–H groups in total. The van der Waals surface area contributed by atoms with Crippen molar-refractivity contribution in [2.24, 2.45) is 0 Å². The summed E-state index contributed by atoms with van der Waals surface area (Å²) in [4.78, 5) is 21.0. The van der Waals surface area contributed by atoms with Gasteiger partial charge in [-0.25, -0.2) is 18.4 Å². The highest BCUT2D eigenvalue weighted by molar-refractivity contribution is 7.91. The Labute approximate surface area is 153 Å². The normalized spacial score (nSPS) is 18.5. The zero-order valence-electron chi connectivity index (χ0n) is 15.0. The Hall–Kier alpha value is -2.48. The predicted octanol–water partition coefficient (Wildman–Crippen LogP) is 2.06. The van der Waals surface area contributed by atoms with E-state index < -0.39 is 9.84 Å². The van der Waals surface area contributed by atoms with Gasteiger partial charge < -0.3 is 10.6 Å². The van der Waals surface area contributed by atoms with Crippen LogP contribution in [-0.4, -0.2) is 41.8 Å². The molecule has 7 nitrogen and oxygen atoms in total. The number of hydrogen-bond acceptors (Lipinski definition) is 6. The summed E-state index contributed by atoms with van der Waals surface area (Å²) < 4.78 is 23.1. The smallest absolute Gasteiger partial charge is 0.270 e. The number of nitrogens with one attached hydrogen (secondary N) is 2. The number of carbonyl (C=O) groups excluding carboxylic acids is 1. The number of sulfone groups is 1. The summed E-state index contributed by atoms with van der Waals surface area (Å²) in [5, 5.41) is 5.87. The summed E-state index contributed by atoms with van der Waals surface area (Å²) in [6, 6.07) is 7.15. The Balaban J connectivity index is 1.76. The SMILES string of the molecule is Cc1cc(C(=O)NC2CCS(=O)(=O)C2)nc(Nc2ccc(C)c(C)c2)n1. The van der Waals surface area contributed by atoms with Crippen LogP contribution in [0.3, 0.4) is 0 Å². The quantitative estimate of drug-likeness (QED) is 0.849. The van der Waals surface area contributed by atoms with E-state index in [0.717, 1.165) is 11.3 Å². The Kier molecular flexibility index (Phi) is 4.95. The summed E-state index contributed by atoms with van der Waals surface area (Å²) in [5.41, 5.74) is 4.03. The predicted molar refractivity (Wildman–Crippen MR) is 100 cm³/mol. The molecule has 0 spiro atoms. The van der Waals surface area contributed by atoms with E-state index in [4.69, 9.17) is 0 Å². The van der Waals surface area contributed by atoms with Crippen LogP contribution in [-0.2, 0) is 9.84 Å². The zero-order valence-corrected chi connectivity index (χ0v) is 15.9. The molecule has 2 aromatic rings. The number of benzene rings is 1. The van der Waals surface area contributed by atoms with Gasteiger partial charge in [-0.3, -0.25) is 4.79 Å². The van der Waals surface area contributed by atoms with Gasteiger partial charge in [-0.05, 0) is 56.5 Å². The summed E-state index contributed by atoms with van der Waals surface area (Å²) in [5.74, 6) is 0.0369. The molecule has 3 rings (SSSR count). The van der Waals surface area contributed by atoms with Gasteiger partial charge in [0.05, 0.1) is 11.5 Å². The van der Waals surface area contributed by atoms with E-state index in [1.807, 2.05) is 32.0 Å². The maximum atomic E-state index is 12.4. The van der Waals surface area contributed by atoms with Crippen LogP contribution in [0.5, 0.6) is 0 Å². The van der Waals surface area contributed by atoms with Gasteiger partial charge >= 0.3 is 0 Å². The number of hydrogen-bond donors (Lipinski definition) is 2. The van der Waals surface area contributed by atoms with Gasteiger partial charge in [0.2, 0.25) is 5.95 Å². The molecule has 1 aromatic heterocycles. The van der Waals surface area contributed by atoms with Crippen LogP contribution in [0.4, 0.5) is 11.6 Å². The summed E-state index contributed by atoms with van der Waals surface area (Å²) in [6.07, 6.45) is 0.436. The minimum atomic E-state index is -3.05. The first-order valence-corrected chi connectivity index (χ1v) is 10.3. The summed E-state index contributed by atoms with van der Waals surface area (Å²) in [7, 11) is -3.05. The van der Waals surface area contributed by atoms with Crippen molar-refractivity contribution in [3.05, 3.63) is 46.8 Å². The molecule has 0 bridgehead atoms. The molecule has 1 atom stereocenters. The van der Waals surface area contributed by atoms with Crippen molar-refractivity contribution in [3.63, 3.8) is 0 Å². The van der Waals surface area contributed by atoms with Crippen LogP contribution in [0.15, 0.2) is 24.3 Å². The first-order valence-electron chi connectivity index (χ1n) is 8.43. The number of amides is 1. The van der Waals surface area contributed by atoms with Crippen LogP contribution in [0.1, 0.15) is 33.7 Å². The van der Waals surface area contributed by atoms with Crippen molar-refractivity contribution in [2.45, 2.75) is 33.2 Å². The number of rotatable bonds is 4. The molecule has 8 heteroatoms. The Morgan fingerprint density at radius 1 is 1.12 bits per heavy atom. The van der Waals surface area contributed by atoms with E-state index in [-0.39, 0.29) is 29.1 Å². The molecule has 1 amide bonds. The van der Waals surface area contributed by atoms with E-state index in [2.05, 4.69) is 20.6 Å². The van der Waals surface area contributed by atoms with Gasteiger partial charge in [-0.2, -0.15) is 0 Å². The lowest BCUT2D eigenvalue weighted by Gasteiger charge is -2.12. The molecule has 1 aliphatic rings. The fourth-order valence-corrected chi connectivity index (χ4v) is 4.53. The van der Waals surface area contributed by atoms with Crippen molar-refractivity contribution >= 4 is 27.4 Å². The van der Waals surface area contributed by atoms with Crippen molar-refractivity contribution in [1.29, 1.82) is 0 Å². The molecule has 0 saturated carbocycles. The minimum Gasteiger partial charge on any atom is -0.347 e. The Bertz CT molecular complexity index is 957. The highest BCUT2D eigenvalue weighted by atomic mass is 32.2. The van der Waals surface area contributed by atoms with Gasteiger partial charge in [0.25, 0.3) is 5.91 Å². The molecule has 1 unspecified atom stereocenters. The minimum absolute atomic E-state index is 0.0173. The van der Waals surface area contributed by atoms with E-state index in [9.17, 15) is 13.2 Å². The maximum Gasteiger partial charge on any atom is 0.270 e. The van der Waals surface area contributed by atoms with E-state index in [1.165, 1.54) is 5.56 Å². The van der Waals surface area contributed by atoms with Crippen molar-refractivity contribution in [1.82, 2.24) is 15.3 Å². The third kappa shape index (κ3) is 4.37. The number of nitrogens with zero attached hydrogens (tertiary/aromatic N) is 2. The number of anilines is 2. The first-order chi connectivity index (χ1) is 12.2. The highest BCUT2D eigenvalue weighted by Crippen LogP contribution is 2.18. The highest BCUT2D eigenvalue weighted by Gasteiger charge is 2.29. The molecule has 1 aliphatic heterocycles. The third-order valence-electron chi connectivity index (χ3n) is 4.42. The molecule has 138 valence electrons. The summed E-state index contributed by atoms with van der Waals surface area (Å²) >= 11 is 0. The van der Waals surface area contributed by atoms with Gasteiger partial charge in [-0.15, -0.1) is 0 Å². The molecule has 2 heterocycles. The lowest BCUT2D eigenvalue weighted by Crippen LogP contribution is -2.36. The van der Waals surface area contributed by atoms with Crippen LogP contribution in [0.2, 0.25) is 0 Å². The second-order valence-corrected chi connectivity index (χ2v) is 8.94. The van der Waals surface area contributed by atoms with Crippen molar-refractivity contribution < 1.29 is 13.2 Å². The third-order valence-corrected chi connectivity index (χ3v) is 6.19. The molecular weight excluding hydrogens is 352 g/mol. The Morgan fingerprint density at radius 2 is 1.88 bits per heavy atom. The zero-order chi connectivity index (χ0) is 18.9. The number of aryl methyl sites for hydroxylation is 3. The molecule has 26 heavy (non-hydrogen) atoms. The van der Waals surface area contributed by atoms with E-state index >= 15 is 0 Å². The number of aromatic nitrogens is 2. The summed E-state index contributed by atoms with van der Waals surface area (Å²) in [6.45, 7) is 5.84. The maximum absolute atomic E-state index is 12.4. The first kappa shape index (κ1) is 18.3. The average Bonchev–Trinajstić information content (AvgIpc) is 2.89. The van der Waals surface area contributed by atoms with Crippen molar-refractivity contribution in [2.75, 3.05) is 16.8 Å². The fourth-order valence-electron chi connectivity index (χ4n) is 2.86. The van der Waals surface area contributed by atoms with Crippen LogP contribution >= 0.6 is 0 Å². The van der Waals surface area contributed by atoms with Gasteiger partial charge in [0.15, 0.2) is 9.84 Å². The topological polar surface area (TPSA) is 101 Å². The average molecular weight is 374 g/mol. The largest absolute Gasteiger partial charge is 0.347 e. The molecular formula is C18H22N4O3S. The lowest BCUT2D eigenvalue weighted by molar-refractivity contribution is 0.0936. The second-order valence-electron chi connectivity index (χ2n) is 6.72. The van der Waals surface area contributed by atoms with Crippen LogP contribution in [0.25, 0.3) is 0 Å². The lowest BCUT2D eigenvalue weighted by atomic mass is 10.1. The second kappa shape index (κ2) is 7.03.